The molecule has 0 atom stereocenters. The lowest BCUT2D eigenvalue weighted by Gasteiger charge is -2.26. The normalized spacial score (nSPS) is 11.3. The van der Waals surface area contributed by atoms with E-state index in [4.69, 9.17) is 5.11 Å². The van der Waals surface area contributed by atoms with Gasteiger partial charge in [-0.3, -0.25) is 9.36 Å². The van der Waals surface area contributed by atoms with Gasteiger partial charge in [0.05, 0.1) is 5.75 Å². The minimum absolute atomic E-state index is 0.000332. The Kier molecular flexibility index (Phi) is 6.32. The molecule has 7 heteroatoms. The highest BCUT2D eigenvalue weighted by Crippen LogP contribution is 2.21. The van der Waals surface area contributed by atoms with Gasteiger partial charge in [0.2, 0.25) is 5.95 Å². The maximum atomic E-state index is 10.6. The van der Waals surface area contributed by atoms with E-state index in [2.05, 4.69) is 42.8 Å². The predicted octanol–water partition coefficient (Wildman–Crippen LogP) is 2.11. The summed E-state index contributed by atoms with van der Waals surface area (Å²) in [5.41, 5.74) is 0. The molecule has 1 heterocycles. The molecular formula is C13H24N4O2S. The average molecular weight is 300 g/mol. The van der Waals surface area contributed by atoms with Crippen molar-refractivity contribution in [2.75, 3.05) is 23.7 Å². The molecule has 20 heavy (non-hydrogen) atoms. The Bertz CT molecular complexity index is 436. The summed E-state index contributed by atoms with van der Waals surface area (Å²) >= 11 is 1.19. The van der Waals surface area contributed by atoms with Crippen molar-refractivity contribution in [2.24, 2.45) is 18.9 Å². The molecule has 1 N–H and O–H groups in total. The number of carboxylic acids is 1. The molecule has 0 saturated heterocycles. The molecule has 1 aromatic heterocycles. The zero-order valence-electron chi connectivity index (χ0n) is 12.8. The van der Waals surface area contributed by atoms with Crippen molar-refractivity contribution >= 4 is 23.7 Å². The third-order valence-corrected chi connectivity index (χ3v) is 3.60. The number of carbonyl (C=O) groups is 1. The van der Waals surface area contributed by atoms with Crippen LogP contribution < -0.4 is 4.90 Å². The van der Waals surface area contributed by atoms with Crippen molar-refractivity contribution in [1.82, 2.24) is 14.8 Å². The number of rotatable bonds is 8. The molecule has 0 unspecified atom stereocenters. The Morgan fingerprint density at radius 2 is 1.80 bits per heavy atom. The van der Waals surface area contributed by atoms with Gasteiger partial charge in [-0.25, -0.2) is 0 Å². The van der Waals surface area contributed by atoms with Crippen LogP contribution in [-0.4, -0.2) is 44.7 Å². The van der Waals surface area contributed by atoms with Gasteiger partial charge < -0.3 is 10.0 Å². The van der Waals surface area contributed by atoms with E-state index in [0.717, 1.165) is 19.0 Å². The Morgan fingerprint density at radius 1 is 1.25 bits per heavy atom. The summed E-state index contributed by atoms with van der Waals surface area (Å²) in [6, 6.07) is 0. The lowest BCUT2D eigenvalue weighted by Crippen LogP contribution is -2.33. The monoisotopic (exact) mass is 300 g/mol. The molecule has 0 amide bonds. The zero-order valence-corrected chi connectivity index (χ0v) is 13.6. The second-order valence-electron chi connectivity index (χ2n) is 5.72. The van der Waals surface area contributed by atoms with Gasteiger partial charge >= 0.3 is 5.97 Å². The van der Waals surface area contributed by atoms with Crippen molar-refractivity contribution in [3.63, 3.8) is 0 Å². The maximum Gasteiger partial charge on any atom is 0.313 e. The third kappa shape index (κ3) is 5.03. The molecule has 114 valence electrons. The summed E-state index contributed by atoms with van der Waals surface area (Å²) in [7, 11) is 1.88. The standard InChI is InChI=1S/C13H24N4O2S/c1-9(2)6-17(7-10(3)4)12-14-15-13(16(12)5)20-8-11(18)19/h9-10H,6-8H2,1-5H3,(H,18,19). The van der Waals surface area contributed by atoms with Crippen LogP contribution in [0.25, 0.3) is 0 Å². The number of thioether (sulfide) groups is 1. The molecule has 0 aliphatic rings. The molecule has 6 nitrogen and oxygen atoms in total. The van der Waals surface area contributed by atoms with Crippen LogP contribution in [0.1, 0.15) is 27.7 Å². The largest absolute Gasteiger partial charge is 0.481 e. The van der Waals surface area contributed by atoms with E-state index in [1.165, 1.54) is 11.8 Å². The molecule has 0 radical (unpaired) electrons. The van der Waals surface area contributed by atoms with Gasteiger partial charge in [-0.15, -0.1) is 10.2 Å². The van der Waals surface area contributed by atoms with Gasteiger partial charge in [0.15, 0.2) is 5.16 Å². The van der Waals surface area contributed by atoms with E-state index in [-0.39, 0.29) is 5.75 Å². The van der Waals surface area contributed by atoms with Gasteiger partial charge in [0, 0.05) is 20.1 Å². The first-order valence-electron chi connectivity index (χ1n) is 6.80. The summed E-state index contributed by atoms with van der Waals surface area (Å²) in [4.78, 5) is 12.8. The van der Waals surface area contributed by atoms with E-state index < -0.39 is 5.97 Å². The Morgan fingerprint density at radius 3 is 2.25 bits per heavy atom. The molecular weight excluding hydrogens is 276 g/mol. The average Bonchev–Trinajstić information content (AvgIpc) is 2.65. The van der Waals surface area contributed by atoms with Gasteiger partial charge in [0.1, 0.15) is 0 Å². The summed E-state index contributed by atoms with van der Waals surface area (Å²) in [6.45, 7) is 10.5. The van der Waals surface area contributed by atoms with E-state index >= 15 is 0 Å². The molecule has 0 spiro atoms. The number of hydrogen-bond donors (Lipinski definition) is 1. The van der Waals surface area contributed by atoms with Gasteiger partial charge in [0.25, 0.3) is 0 Å². The third-order valence-electron chi connectivity index (χ3n) is 2.59. The molecule has 0 aliphatic heterocycles. The van der Waals surface area contributed by atoms with Crippen LogP contribution in [0.5, 0.6) is 0 Å². The Balaban J connectivity index is 2.87. The fraction of sp³-hybridized carbons (Fsp3) is 0.769. The summed E-state index contributed by atoms with van der Waals surface area (Å²) in [5, 5.41) is 17.7. The fourth-order valence-electron chi connectivity index (χ4n) is 1.95. The quantitative estimate of drug-likeness (QED) is 0.741. The molecule has 1 rings (SSSR count). The molecule has 0 saturated carbocycles. The van der Waals surface area contributed by atoms with E-state index in [9.17, 15) is 4.79 Å². The first kappa shape index (κ1) is 16.8. The lowest BCUT2D eigenvalue weighted by molar-refractivity contribution is -0.133. The number of aromatic nitrogens is 3. The fourth-order valence-corrected chi connectivity index (χ4v) is 2.58. The molecule has 1 aromatic rings. The number of nitrogens with zero attached hydrogens (tertiary/aromatic N) is 4. The van der Waals surface area contributed by atoms with Gasteiger partial charge in [-0.2, -0.15) is 0 Å². The lowest BCUT2D eigenvalue weighted by atomic mass is 10.1. The van der Waals surface area contributed by atoms with Crippen LogP contribution >= 0.6 is 11.8 Å². The van der Waals surface area contributed by atoms with E-state index in [1.807, 2.05) is 11.6 Å². The Labute approximate surface area is 124 Å². The number of anilines is 1. The van der Waals surface area contributed by atoms with Crippen molar-refractivity contribution in [2.45, 2.75) is 32.9 Å². The maximum absolute atomic E-state index is 10.6. The van der Waals surface area contributed by atoms with Crippen molar-refractivity contribution < 1.29 is 9.90 Å². The van der Waals surface area contributed by atoms with E-state index in [0.29, 0.717) is 17.0 Å². The second kappa shape index (κ2) is 7.52. The van der Waals surface area contributed by atoms with Crippen molar-refractivity contribution in [3.8, 4) is 0 Å². The SMILES string of the molecule is CC(C)CN(CC(C)C)c1nnc(SCC(=O)O)n1C. The van der Waals surface area contributed by atoms with Crippen LogP contribution in [0.15, 0.2) is 5.16 Å². The predicted molar refractivity (Wildman–Crippen MR) is 81.3 cm³/mol. The highest BCUT2D eigenvalue weighted by atomic mass is 32.2. The smallest absolute Gasteiger partial charge is 0.313 e. The van der Waals surface area contributed by atoms with Gasteiger partial charge in [-0.05, 0) is 11.8 Å². The second-order valence-corrected chi connectivity index (χ2v) is 6.66. The zero-order chi connectivity index (χ0) is 15.3. The minimum atomic E-state index is -0.847. The van der Waals surface area contributed by atoms with Crippen LogP contribution in [0.4, 0.5) is 5.95 Å². The molecule has 0 aliphatic carbocycles. The number of hydrogen-bond acceptors (Lipinski definition) is 5. The highest BCUT2D eigenvalue weighted by Gasteiger charge is 2.18. The minimum Gasteiger partial charge on any atom is -0.481 e. The van der Waals surface area contributed by atoms with Crippen molar-refractivity contribution in [3.05, 3.63) is 0 Å². The summed E-state index contributed by atoms with van der Waals surface area (Å²) in [5.74, 6) is 1.02. The van der Waals surface area contributed by atoms with Crippen LogP contribution in [0.3, 0.4) is 0 Å². The topological polar surface area (TPSA) is 71.2 Å². The molecule has 0 aromatic carbocycles. The summed E-state index contributed by atoms with van der Waals surface area (Å²) in [6.07, 6.45) is 0. The van der Waals surface area contributed by atoms with Gasteiger partial charge in [-0.1, -0.05) is 39.5 Å². The van der Waals surface area contributed by atoms with Crippen LogP contribution in [0.2, 0.25) is 0 Å². The Hall–Kier alpha value is -1.24. The number of carboxylic acid groups (broad SMARTS) is 1. The first-order valence-corrected chi connectivity index (χ1v) is 7.78. The molecule has 0 fully saturated rings. The number of aliphatic carboxylic acids is 1. The highest BCUT2D eigenvalue weighted by molar-refractivity contribution is 7.99. The van der Waals surface area contributed by atoms with Crippen molar-refractivity contribution in [1.29, 1.82) is 0 Å². The summed E-state index contributed by atoms with van der Waals surface area (Å²) < 4.78 is 1.87. The molecule has 0 bridgehead atoms. The first-order chi connectivity index (χ1) is 9.31. The van der Waals surface area contributed by atoms with Crippen LogP contribution in [-0.2, 0) is 11.8 Å². The van der Waals surface area contributed by atoms with E-state index in [1.54, 1.807) is 0 Å². The van der Waals surface area contributed by atoms with Crippen LogP contribution in [0, 0.1) is 11.8 Å².